The summed E-state index contributed by atoms with van der Waals surface area (Å²) in [6, 6.07) is 7.37. The van der Waals surface area contributed by atoms with E-state index in [0.29, 0.717) is 17.7 Å². The van der Waals surface area contributed by atoms with Crippen molar-refractivity contribution in [2.24, 2.45) is 0 Å². The number of aldehydes is 1. The third kappa shape index (κ3) is 6.01. The van der Waals surface area contributed by atoms with Crippen molar-refractivity contribution in [3.05, 3.63) is 36.0 Å². The van der Waals surface area contributed by atoms with Gasteiger partial charge in [-0.25, -0.2) is 4.79 Å². The summed E-state index contributed by atoms with van der Waals surface area (Å²) in [6.07, 6.45) is 14.4. The Kier molecular flexibility index (Phi) is 8.94. The molecular formula is C22H31NO3. The first-order valence-corrected chi connectivity index (χ1v) is 10.00. The van der Waals surface area contributed by atoms with E-state index in [1.165, 1.54) is 55.9 Å². The number of benzene rings is 1. The molecule has 0 atom stereocenters. The zero-order valence-electron chi connectivity index (χ0n) is 15.9. The second-order valence-corrected chi connectivity index (χ2v) is 6.89. The van der Waals surface area contributed by atoms with Crippen molar-refractivity contribution in [1.29, 1.82) is 0 Å². The molecule has 26 heavy (non-hydrogen) atoms. The van der Waals surface area contributed by atoms with Gasteiger partial charge in [0.2, 0.25) is 0 Å². The van der Waals surface area contributed by atoms with Gasteiger partial charge in [0.1, 0.15) is 0 Å². The lowest BCUT2D eigenvalue weighted by atomic mass is 10.1. The van der Waals surface area contributed by atoms with Crippen LogP contribution in [0.15, 0.2) is 30.5 Å². The van der Waals surface area contributed by atoms with Gasteiger partial charge in [-0.1, -0.05) is 82.9 Å². The van der Waals surface area contributed by atoms with Gasteiger partial charge < -0.3 is 4.74 Å². The minimum Gasteiger partial charge on any atom is -0.449 e. The Morgan fingerprint density at radius 2 is 1.58 bits per heavy atom. The standard InChI is InChI=1S/C22H31NO3/c1-2-3-4-5-6-7-8-9-10-13-16-26-22(25)23-17-19(18-24)20-14-11-12-15-21(20)23/h11-12,14-15,17-18H,2-10,13,16H2,1H3. The summed E-state index contributed by atoms with van der Waals surface area (Å²) in [7, 11) is 0. The largest absolute Gasteiger partial charge is 0.449 e. The van der Waals surface area contributed by atoms with Crippen LogP contribution in [-0.2, 0) is 4.74 Å². The molecule has 4 heteroatoms. The van der Waals surface area contributed by atoms with Gasteiger partial charge in [-0.2, -0.15) is 0 Å². The van der Waals surface area contributed by atoms with E-state index in [2.05, 4.69) is 6.92 Å². The van der Waals surface area contributed by atoms with E-state index in [-0.39, 0.29) is 0 Å². The number of aromatic nitrogens is 1. The molecule has 0 saturated carbocycles. The molecule has 0 aliphatic rings. The van der Waals surface area contributed by atoms with Crippen LogP contribution < -0.4 is 0 Å². The molecule has 0 unspecified atom stereocenters. The van der Waals surface area contributed by atoms with Gasteiger partial charge in [-0.15, -0.1) is 0 Å². The smallest absolute Gasteiger partial charge is 0.418 e. The average Bonchev–Trinajstić information content (AvgIpc) is 3.05. The van der Waals surface area contributed by atoms with Gasteiger partial charge in [0.25, 0.3) is 0 Å². The first-order valence-electron chi connectivity index (χ1n) is 10.00. The van der Waals surface area contributed by atoms with E-state index >= 15 is 0 Å². The summed E-state index contributed by atoms with van der Waals surface area (Å²) in [6.45, 7) is 2.67. The van der Waals surface area contributed by atoms with Crippen molar-refractivity contribution < 1.29 is 14.3 Å². The molecule has 0 N–H and O–H groups in total. The highest BCUT2D eigenvalue weighted by atomic mass is 16.5. The molecule has 0 amide bonds. The van der Waals surface area contributed by atoms with Crippen molar-refractivity contribution in [1.82, 2.24) is 4.57 Å². The molecule has 2 rings (SSSR count). The van der Waals surface area contributed by atoms with E-state index in [9.17, 15) is 9.59 Å². The van der Waals surface area contributed by atoms with Crippen molar-refractivity contribution in [2.45, 2.75) is 71.1 Å². The molecule has 0 saturated heterocycles. The van der Waals surface area contributed by atoms with Crippen molar-refractivity contribution in [2.75, 3.05) is 6.61 Å². The highest BCUT2D eigenvalue weighted by Gasteiger charge is 2.13. The minimum atomic E-state index is -0.412. The van der Waals surface area contributed by atoms with Gasteiger partial charge in [-0.05, 0) is 12.5 Å². The number of carbonyl (C=O) groups excluding carboxylic acids is 2. The van der Waals surface area contributed by atoms with Crippen LogP contribution in [0.1, 0.15) is 81.5 Å². The first kappa shape index (κ1) is 20.2. The predicted octanol–water partition coefficient (Wildman–Crippen LogP) is 6.36. The van der Waals surface area contributed by atoms with Gasteiger partial charge in [0.15, 0.2) is 6.29 Å². The van der Waals surface area contributed by atoms with Crippen molar-refractivity contribution in [3.8, 4) is 0 Å². The molecule has 0 aliphatic heterocycles. The maximum atomic E-state index is 12.3. The number of rotatable bonds is 12. The summed E-state index contributed by atoms with van der Waals surface area (Å²) < 4.78 is 6.80. The van der Waals surface area contributed by atoms with Crippen LogP contribution in [0.4, 0.5) is 4.79 Å². The van der Waals surface area contributed by atoms with Crippen LogP contribution in [0.5, 0.6) is 0 Å². The molecule has 1 aromatic carbocycles. The minimum absolute atomic E-state index is 0.412. The van der Waals surface area contributed by atoms with Crippen LogP contribution in [-0.4, -0.2) is 23.6 Å². The third-order valence-corrected chi connectivity index (χ3v) is 4.79. The van der Waals surface area contributed by atoms with Crippen molar-refractivity contribution in [3.63, 3.8) is 0 Å². The maximum Gasteiger partial charge on any atom is 0.418 e. The fourth-order valence-corrected chi connectivity index (χ4v) is 3.27. The summed E-state index contributed by atoms with van der Waals surface area (Å²) in [4.78, 5) is 23.4. The molecule has 0 fully saturated rings. The van der Waals surface area contributed by atoms with E-state index in [0.717, 1.165) is 24.5 Å². The highest BCUT2D eigenvalue weighted by molar-refractivity contribution is 6.01. The lowest BCUT2D eigenvalue weighted by Gasteiger charge is -2.06. The number of hydrogen-bond acceptors (Lipinski definition) is 3. The number of carbonyl (C=O) groups is 2. The monoisotopic (exact) mass is 357 g/mol. The molecule has 0 aliphatic carbocycles. The SMILES string of the molecule is CCCCCCCCCCCCOC(=O)n1cc(C=O)c2ccccc21. The topological polar surface area (TPSA) is 48.3 Å². The number of para-hydroxylation sites is 1. The Labute approximate surface area is 156 Å². The van der Waals surface area contributed by atoms with E-state index < -0.39 is 6.09 Å². The van der Waals surface area contributed by atoms with E-state index in [4.69, 9.17) is 4.74 Å². The summed E-state index contributed by atoms with van der Waals surface area (Å²) >= 11 is 0. The van der Waals surface area contributed by atoms with Crippen LogP contribution in [0.25, 0.3) is 10.9 Å². The molecule has 1 heterocycles. The molecule has 142 valence electrons. The second kappa shape index (κ2) is 11.5. The zero-order valence-corrected chi connectivity index (χ0v) is 15.9. The zero-order chi connectivity index (χ0) is 18.6. The van der Waals surface area contributed by atoms with Crippen molar-refractivity contribution >= 4 is 23.3 Å². The Morgan fingerprint density at radius 3 is 2.23 bits per heavy atom. The van der Waals surface area contributed by atoms with Crippen LogP contribution >= 0.6 is 0 Å². The van der Waals surface area contributed by atoms with Gasteiger partial charge >= 0.3 is 6.09 Å². The van der Waals surface area contributed by atoms with Gasteiger partial charge in [0.05, 0.1) is 12.1 Å². The number of nitrogens with zero attached hydrogens (tertiary/aromatic N) is 1. The lowest BCUT2D eigenvalue weighted by Crippen LogP contribution is -2.13. The van der Waals surface area contributed by atoms with Gasteiger partial charge in [0, 0.05) is 17.1 Å². The Morgan fingerprint density at radius 1 is 0.962 bits per heavy atom. The Bertz CT molecular complexity index is 690. The Hall–Kier alpha value is -2.10. The van der Waals surface area contributed by atoms with E-state index in [1.807, 2.05) is 24.3 Å². The molecule has 4 nitrogen and oxygen atoms in total. The number of hydrogen-bond donors (Lipinski definition) is 0. The maximum absolute atomic E-state index is 12.3. The van der Waals surface area contributed by atoms with E-state index in [1.54, 1.807) is 6.20 Å². The van der Waals surface area contributed by atoms with Crippen LogP contribution in [0.2, 0.25) is 0 Å². The number of fused-ring (bicyclic) bond motifs is 1. The van der Waals surface area contributed by atoms with Crippen LogP contribution in [0.3, 0.4) is 0 Å². The molecular weight excluding hydrogens is 326 g/mol. The third-order valence-electron chi connectivity index (χ3n) is 4.79. The van der Waals surface area contributed by atoms with Crippen LogP contribution in [0, 0.1) is 0 Å². The first-order chi connectivity index (χ1) is 12.8. The number of ether oxygens (including phenoxy) is 1. The predicted molar refractivity (Wildman–Crippen MR) is 106 cm³/mol. The average molecular weight is 357 g/mol. The fraction of sp³-hybridized carbons (Fsp3) is 0.545. The lowest BCUT2D eigenvalue weighted by molar-refractivity contribution is 0.112. The van der Waals surface area contributed by atoms with Gasteiger partial charge in [-0.3, -0.25) is 9.36 Å². The Balaban J connectivity index is 1.63. The fourth-order valence-electron chi connectivity index (χ4n) is 3.27. The molecule has 0 bridgehead atoms. The normalized spacial score (nSPS) is 11.0. The molecule has 1 aromatic heterocycles. The summed E-state index contributed by atoms with van der Waals surface area (Å²) in [5.41, 5.74) is 1.22. The molecule has 2 aromatic rings. The summed E-state index contributed by atoms with van der Waals surface area (Å²) in [5.74, 6) is 0. The molecule has 0 spiro atoms. The quantitative estimate of drug-likeness (QED) is 0.328. The molecule has 0 radical (unpaired) electrons. The number of unbranched alkanes of at least 4 members (excludes halogenated alkanes) is 9. The highest BCUT2D eigenvalue weighted by Crippen LogP contribution is 2.20. The summed E-state index contributed by atoms with van der Waals surface area (Å²) in [5, 5.41) is 0.776. The second-order valence-electron chi connectivity index (χ2n) is 6.89.